The van der Waals surface area contributed by atoms with Crippen molar-refractivity contribution < 1.29 is 19.1 Å². The van der Waals surface area contributed by atoms with E-state index >= 15 is 0 Å². The van der Waals surface area contributed by atoms with Crippen LogP contribution in [0, 0.1) is 5.82 Å². The Morgan fingerprint density at radius 2 is 2.03 bits per heavy atom. The normalized spacial score (nSPS) is 18.8. The summed E-state index contributed by atoms with van der Waals surface area (Å²) in [4.78, 5) is 24.6. The number of benzene rings is 2. The molecule has 2 aromatic rings. The van der Waals surface area contributed by atoms with Crippen LogP contribution in [0.15, 0.2) is 42.5 Å². The Morgan fingerprint density at radius 3 is 2.66 bits per heavy atom. The van der Waals surface area contributed by atoms with Crippen LogP contribution in [0.5, 0.6) is 0 Å². The van der Waals surface area contributed by atoms with E-state index in [0.717, 1.165) is 18.7 Å². The predicted octanol–water partition coefficient (Wildman–Crippen LogP) is 3.50. The molecule has 172 valence electrons. The van der Waals surface area contributed by atoms with Gasteiger partial charge < -0.3 is 21.1 Å². The summed E-state index contributed by atoms with van der Waals surface area (Å²) in [6, 6.07) is 10.5. The van der Waals surface area contributed by atoms with E-state index in [2.05, 4.69) is 28.6 Å². The number of halogens is 1. The summed E-state index contributed by atoms with van der Waals surface area (Å²) in [7, 11) is 0. The van der Waals surface area contributed by atoms with E-state index in [4.69, 9.17) is 0 Å². The van der Waals surface area contributed by atoms with Crippen LogP contribution in [-0.2, 0) is 4.79 Å². The summed E-state index contributed by atoms with van der Waals surface area (Å²) in [5.41, 5.74) is 2.44. The Hall–Kier alpha value is -2.23. The highest BCUT2D eigenvalue weighted by Gasteiger charge is 2.23. The number of aliphatic carboxylic acids is 1. The van der Waals surface area contributed by atoms with Crippen molar-refractivity contribution in [2.45, 2.75) is 30.2 Å². The number of carboxylic acids is 1. The number of nitrogens with one attached hydrogen (secondary N) is 3. The van der Waals surface area contributed by atoms with Crippen molar-refractivity contribution in [3.63, 3.8) is 0 Å². The lowest BCUT2D eigenvalue weighted by molar-refractivity contribution is -0.139. The van der Waals surface area contributed by atoms with Gasteiger partial charge in [0.2, 0.25) is 0 Å². The van der Waals surface area contributed by atoms with Crippen LogP contribution in [0.2, 0.25) is 0 Å². The van der Waals surface area contributed by atoms with Crippen molar-refractivity contribution >= 4 is 42.0 Å². The topological polar surface area (TPSA) is 90.5 Å². The van der Waals surface area contributed by atoms with Gasteiger partial charge in [-0.15, -0.1) is 0 Å². The number of hydrogen-bond acceptors (Lipinski definition) is 6. The van der Waals surface area contributed by atoms with Gasteiger partial charge in [-0.05, 0) is 66.3 Å². The molecule has 3 atom stereocenters. The smallest absolute Gasteiger partial charge is 0.326 e. The first kappa shape index (κ1) is 24.4. The molecule has 9 heteroatoms. The van der Waals surface area contributed by atoms with Crippen LogP contribution >= 0.6 is 24.4 Å². The van der Waals surface area contributed by atoms with Gasteiger partial charge in [0.1, 0.15) is 11.9 Å². The highest BCUT2D eigenvalue weighted by molar-refractivity contribution is 7.98. The molecule has 0 radical (unpaired) electrons. The first-order valence-corrected chi connectivity index (χ1v) is 12.4. The number of amides is 1. The molecule has 1 aliphatic rings. The number of carbonyl (C=O) groups excluding carboxylic acids is 1. The van der Waals surface area contributed by atoms with Crippen LogP contribution < -0.4 is 16.0 Å². The molecule has 1 heterocycles. The molecule has 0 saturated carbocycles. The fraction of sp³-hybridized carbons (Fsp3) is 0.391. The molecule has 1 aliphatic heterocycles. The van der Waals surface area contributed by atoms with E-state index in [-0.39, 0.29) is 5.82 Å². The monoisotopic (exact) mass is 477 g/mol. The Balaban J connectivity index is 1.84. The van der Waals surface area contributed by atoms with Crippen LogP contribution in [-0.4, -0.2) is 59.4 Å². The summed E-state index contributed by atoms with van der Waals surface area (Å²) < 4.78 is 13.5. The van der Waals surface area contributed by atoms with Crippen molar-refractivity contribution in [3.8, 4) is 11.1 Å². The second kappa shape index (κ2) is 11.6. The third-order valence-electron chi connectivity index (χ3n) is 5.38. The number of rotatable bonds is 10. The van der Waals surface area contributed by atoms with Gasteiger partial charge in [-0.3, -0.25) is 4.79 Å². The van der Waals surface area contributed by atoms with Crippen molar-refractivity contribution in [2.24, 2.45) is 0 Å². The van der Waals surface area contributed by atoms with E-state index in [1.807, 2.05) is 12.3 Å². The lowest BCUT2D eigenvalue weighted by Crippen LogP contribution is -2.41. The molecule has 1 unspecified atom stereocenters. The molecule has 32 heavy (non-hydrogen) atoms. The summed E-state index contributed by atoms with van der Waals surface area (Å²) in [5, 5.41) is 19.2. The van der Waals surface area contributed by atoms with Gasteiger partial charge in [0.25, 0.3) is 5.91 Å². The fourth-order valence-corrected chi connectivity index (χ4v) is 4.48. The van der Waals surface area contributed by atoms with Crippen LogP contribution in [0.3, 0.4) is 0 Å². The maximum atomic E-state index is 13.5. The lowest BCUT2D eigenvalue weighted by Gasteiger charge is -2.18. The average molecular weight is 478 g/mol. The Labute approximate surface area is 197 Å². The molecular weight excluding hydrogens is 449 g/mol. The van der Waals surface area contributed by atoms with Gasteiger partial charge >= 0.3 is 5.97 Å². The molecule has 0 aliphatic carbocycles. The highest BCUT2D eigenvalue weighted by Crippen LogP contribution is 2.28. The van der Waals surface area contributed by atoms with Crippen molar-refractivity contribution in [2.75, 3.05) is 30.4 Å². The largest absolute Gasteiger partial charge is 0.480 e. The third-order valence-corrected chi connectivity index (χ3v) is 6.42. The zero-order chi connectivity index (χ0) is 23.1. The second-order valence-corrected chi connectivity index (χ2v) is 9.50. The molecule has 0 spiro atoms. The number of carbonyl (C=O) groups is 2. The zero-order valence-electron chi connectivity index (χ0n) is 17.8. The number of thiol groups is 1. The number of hydrogen-bond donors (Lipinski definition) is 5. The molecule has 0 aromatic heterocycles. The minimum atomic E-state index is -1.07. The predicted molar refractivity (Wildman–Crippen MR) is 131 cm³/mol. The lowest BCUT2D eigenvalue weighted by atomic mass is 9.97. The molecule has 1 fully saturated rings. The van der Waals surface area contributed by atoms with Crippen LogP contribution in [0.25, 0.3) is 11.1 Å². The standard InChI is InChI=1S/C23H28FN3O3S2/c1-32-9-8-21(23(29)30)27-22(28)19-7-6-16(25-12-17-10-18(31)13-26-17)11-20(19)14-2-4-15(24)5-3-14/h2-7,11,17-18,21,25-26,31H,8-10,12-13H2,1H3,(H,27,28)(H,29,30)/t17-,18-,21?/m0/s1. The van der Waals surface area contributed by atoms with Gasteiger partial charge in [-0.25, -0.2) is 9.18 Å². The van der Waals surface area contributed by atoms with E-state index in [1.54, 1.807) is 24.3 Å². The highest BCUT2D eigenvalue weighted by atomic mass is 32.2. The van der Waals surface area contributed by atoms with Crippen LogP contribution in [0.1, 0.15) is 23.2 Å². The molecule has 0 bridgehead atoms. The molecule has 6 nitrogen and oxygen atoms in total. The summed E-state index contributed by atoms with van der Waals surface area (Å²) in [6.45, 7) is 1.58. The number of anilines is 1. The Kier molecular flexibility index (Phi) is 8.84. The fourth-order valence-electron chi connectivity index (χ4n) is 3.64. The number of carboxylic acid groups (broad SMARTS) is 1. The van der Waals surface area contributed by atoms with Crippen molar-refractivity contribution in [3.05, 3.63) is 53.8 Å². The second-order valence-electron chi connectivity index (χ2n) is 7.79. The van der Waals surface area contributed by atoms with Crippen molar-refractivity contribution in [1.29, 1.82) is 0 Å². The Morgan fingerprint density at radius 1 is 1.28 bits per heavy atom. The maximum Gasteiger partial charge on any atom is 0.326 e. The van der Waals surface area contributed by atoms with Crippen LogP contribution in [0.4, 0.5) is 10.1 Å². The minimum Gasteiger partial charge on any atom is -0.480 e. The third kappa shape index (κ3) is 6.63. The average Bonchev–Trinajstić information content (AvgIpc) is 3.20. The quantitative estimate of drug-likeness (QED) is 0.337. The Bertz CT molecular complexity index is 943. The minimum absolute atomic E-state index is 0.308. The summed E-state index contributed by atoms with van der Waals surface area (Å²) in [6.07, 6.45) is 3.18. The van der Waals surface area contributed by atoms with E-state index in [1.165, 1.54) is 23.9 Å². The van der Waals surface area contributed by atoms with E-state index in [0.29, 0.717) is 46.7 Å². The van der Waals surface area contributed by atoms with Crippen molar-refractivity contribution in [1.82, 2.24) is 10.6 Å². The summed E-state index contributed by atoms with van der Waals surface area (Å²) in [5.74, 6) is -1.29. The zero-order valence-corrected chi connectivity index (χ0v) is 19.5. The van der Waals surface area contributed by atoms with Gasteiger partial charge in [-0.2, -0.15) is 24.4 Å². The first-order chi connectivity index (χ1) is 15.4. The SMILES string of the molecule is CSCCC(NC(=O)c1ccc(NC[C@@H]2C[C@H](S)CN2)cc1-c1ccc(F)cc1)C(=O)O. The van der Waals surface area contributed by atoms with Gasteiger partial charge in [0.15, 0.2) is 0 Å². The molecule has 1 amide bonds. The first-order valence-electron chi connectivity index (χ1n) is 10.4. The van der Waals surface area contributed by atoms with Gasteiger partial charge in [-0.1, -0.05) is 12.1 Å². The molecule has 1 saturated heterocycles. The number of thioether (sulfide) groups is 1. The molecule has 4 N–H and O–H groups in total. The van der Waals surface area contributed by atoms with E-state index in [9.17, 15) is 19.1 Å². The molecular formula is C23H28FN3O3S2. The van der Waals surface area contributed by atoms with Gasteiger partial charge in [0.05, 0.1) is 0 Å². The summed E-state index contributed by atoms with van der Waals surface area (Å²) >= 11 is 6.02. The van der Waals surface area contributed by atoms with Gasteiger partial charge in [0, 0.05) is 35.6 Å². The maximum absolute atomic E-state index is 13.5. The molecule has 2 aromatic carbocycles. The van der Waals surface area contributed by atoms with E-state index < -0.39 is 17.9 Å². The molecule has 3 rings (SSSR count).